The van der Waals surface area contributed by atoms with Crippen molar-refractivity contribution in [2.24, 2.45) is 5.92 Å². The molecule has 0 fully saturated rings. The quantitative estimate of drug-likeness (QED) is 0.403. The van der Waals surface area contributed by atoms with Crippen molar-refractivity contribution in [3.8, 4) is 0 Å². The Morgan fingerprint density at radius 1 is 0.971 bits per heavy atom. The first-order valence-electron chi connectivity index (χ1n) is 11.0. The number of carbonyl (C=O) groups is 2. The van der Waals surface area contributed by atoms with Crippen LogP contribution in [0.2, 0.25) is 0 Å². The number of benzene rings is 2. The maximum Gasteiger partial charge on any atom is 0.416 e. The molecular formula is C27H26F3N3O2. The lowest BCUT2D eigenvalue weighted by molar-refractivity contribution is -0.137. The average molecular weight is 482 g/mol. The SMILES string of the molecule is Cc1ccc(NC(=O)c2cccc(C(F)(F)F)c2)cc1NC(=O)c1ccnc(C)c1/C=C\C(C)C. The van der Waals surface area contributed by atoms with Crippen molar-refractivity contribution in [3.05, 3.63) is 94.3 Å². The minimum Gasteiger partial charge on any atom is -0.322 e. The van der Waals surface area contributed by atoms with Crippen LogP contribution in [0.25, 0.3) is 6.08 Å². The fourth-order valence-electron chi connectivity index (χ4n) is 3.34. The van der Waals surface area contributed by atoms with E-state index in [1.165, 1.54) is 12.1 Å². The van der Waals surface area contributed by atoms with E-state index in [9.17, 15) is 22.8 Å². The van der Waals surface area contributed by atoms with Gasteiger partial charge in [-0.3, -0.25) is 14.6 Å². The van der Waals surface area contributed by atoms with Crippen LogP contribution < -0.4 is 10.6 Å². The lowest BCUT2D eigenvalue weighted by Crippen LogP contribution is -2.16. The Balaban J connectivity index is 1.83. The number of nitrogens with one attached hydrogen (secondary N) is 2. The van der Waals surface area contributed by atoms with Gasteiger partial charge in [0.05, 0.1) is 11.1 Å². The smallest absolute Gasteiger partial charge is 0.322 e. The van der Waals surface area contributed by atoms with E-state index in [-0.39, 0.29) is 11.5 Å². The number of alkyl halides is 3. The molecule has 0 saturated heterocycles. The molecule has 3 aromatic rings. The number of aromatic nitrogens is 1. The zero-order valence-electron chi connectivity index (χ0n) is 19.8. The summed E-state index contributed by atoms with van der Waals surface area (Å²) in [5, 5.41) is 5.46. The zero-order valence-corrected chi connectivity index (χ0v) is 19.8. The molecule has 1 heterocycles. The predicted molar refractivity (Wildman–Crippen MR) is 131 cm³/mol. The lowest BCUT2D eigenvalue weighted by Gasteiger charge is -2.14. The number of nitrogens with zero attached hydrogens (tertiary/aromatic N) is 1. The van der Waals surface area contributed by atoms with Crippen LogP contribution in [0.5, 0.6) is 0 Å². The van der Waals surface area contributed by atoms with Gasteiger partial charge in [0.1, 0.15) is 0 Å². The van der Waals surface area contributed by atoms with Gasteiger partial charge in [0.2, 0.25) is 0 Å². The first kappa shape index (κ1) is 25.7. The minimum absolute atomic E-state index is 0.125. The summed E-state index contributed by atoms with van der Waals surface area (Å²) in [4.78, 5) is 29.9. The summed E-state index contributed by atoms with van der Waals surface area (Å²) in [6.45, 7) is 7.69. The first-order chi connectivity index (χ1) is 16.5. The van der Waals surface area contributed by atoms with Crippen LogP contribution in [0.4, 0.5) is 24.5 Å². The lowest BCUT2D eigenvalue weighted by atomic mass is 10.0. The van der Waals surface area contributed by atoms with Crippen molar-refractivity contribution in [2.45, 2.75) is 33.9 Å². The Morgan fingerprint density at radius 2 is 1.71 bits per heavy atom. The van der Waals surface area contributed by atoms with E-state index < -0.39 is 17.6 Å². The number of pyridine rings is 1. The molecule has 5 nitrogen and oxygen atoms in total. The molecule has 0 aliphatic rings. The van der Waals surface area contributed by atoms with E-state index in [0.717, 1.165) is 17.7 Å². The molecule has 0 bridgehead atoms. The first-order valence-corrected chi connectivity index (χ1v) is 11.0. The van der Waals surface area contributed by atoms with Crippen LogP contribution in [0.3, 0.4) is 0 Å². The molecular weight excluding hydrogens is 455 g/mol. The number of hydrogen-bond donors (Lipinski definition) is 2. The molecule has 1 aromatic heterocycles. The van der Waals surface area contributed by atoms with Crippen molar-refractivity contribution in [3.63, 3.8) is 0 Å². The maximum atomic E-state index is 13.1. The van der Waals surface area contributed by atoms with Gasteiger partial charge in [-0.25, -0.2) is 0 Å². The van der Waals surface area contributed by atoms with E-state index in [4.69, 9.17) is 0 Å². The molecule has 0 aliphatic carbocycles. The second-order valence-corrected chi connectivity index (χ2v) is 8.48. The third-order valence-corrected chi connectivity index (χ3v) is 5.28. The van der Waals surface area contributed by atoms with Crippen LogP contribution in [-0.2, 0) is 6.18 Å². The molecule has 0 unspecified atom stereocenters. The van der Waals surface area contributed by atoms with Gasteiger partial charge >= 0.3 is 6.18 Å². The standard InChI is InChI=1S/C27H26F3N3O2/c1-16(2)8-11-22-18(4)31-13-12-23(22)26(35)33-24-15-21(10-9-17(24)3)32-25(34)19-6-5-7-20(14-19)27(28,29)30/h5-16H,1-4H3,(H,32,34)(H,33,35)/b11-8-. The van der Waals surface area contributed by atoms with Crippen molar-refractivity contribution < 1.29 is 22.8 Å². The largest absolute Gasteiger partial charge is 0.416 e. The minimum atomic E-state index is -4.55. The topological polar surface area (TPSA) is 71.1 Å². The van der Waals surface area contributed by atoms with E-state index in [0.29, 0.717) is 34.1 Å². The molecule has 0 radical (unpaired) electrons. The number of halogens is 3. The van der Waals surface area contributed by atoms with Crippen molar-refractivity contribution in [1.82, 2.24) is 4.98 Å². The number of rotatable bonds is 6. The van der Waals surface area contributed by atoms with Gasteiger partial charge in [-0.15, -0.1) is 0 Å². The summed E-state index contributed by atoms with van der Waals surface area (Å²) in [7, 11) is 0. The van der Waals surface area contributed by atoms with Crippen LogP contribution >= 0.6 is 0 Å². The number of carbonyl (C=O) groups excluding carboxylic acids is 2. The average Bonchev–Trinajstić information content (AvgIpc) is 2.79. The second kappa shape index (κ2) is 10.5. The van der Waals surface area contributed by atoms with Crippen LogP contribution in [0.1, 0.15) is 56.9 Å². The predicted octanol–water partition coefficient (Wildman–Crippen LogP) is 6.89. The summed E-state index contributed by atoms with van der Waals surface area (Å²) in [6, 6.07) is 10.7. The van der Waals surface area contributed by atoms with E-state index in [1.54, 1.807) is 37.4 Å². The summed E-state index contributed by atoms with van der Waals surface area (Å²) in [5.41, 5.74) is 2.40. The van der Waals surface area contributed by atoms with E-state index in [1.807, 2.05) is 32.9 Å². The molecule has 3 rings (SSSR count). The number of allylic oxidation sites excluding steroid dienone is 1. The molecule has 0 aliphatic heterocycles. The Morgan fingerprint density at radius 3 is 2.40 bits per heavy atom. The highest BCUT2D eigenvalue weighted by Crippen LogP contribution is 2.30. The molecule has 8 heteroatoms. The molecule has 2 aromatic carbocycles. The van der Waals surface area contributed by atoms with Crippen molar-refractivity contribution >= 4 is 29.3 Å². The number of hydrogen-bond acceptors (Lipinski definition) is 3. The molecule has 0 saturated carbocycles. The molecule has 0 atom stereocenters. The van der Waals surface area contributed by atoms with Crippen LogP contribution in [0, 0.1) is 19.8 Å². The van der Waals surface area contributed by atoms with Crippen molar-refractivity contribution in [2.75, 3.05) is 10.6 Å². The van der Waals surface area contributed by atoms with E-state index in [2.05, 4.69) is 15.6 Å². The Hall–Kier alpha value is -3.94. The Labute approximate surface area is 202 Å². The molecule has 2 amide bonds. The van der Waals surface area contributed by atoms with Gasteiger partial charge in [-0.1, -0.05) is 38.1 Å². The van der Waals surface area contributed by atoms with Gasteiger partial charge < -0.3 is 10.6 Å². The summed E-state index contributed by atoms with van der Waals surface area (Å²) in [6.07, 6.45) is 0.873. The van der Waals surface area contributed by atoms with Gasteiger partial charge in [0, 0.05) is 34.4 Å². The maximum absolute atomic E-state index is 13.1. The second-order valence-electron chi connectivity index (χ2n) is 8.48. The summed E-state index contributed by atoms with van der Waals surface area (Å²) >= 11 is 0. The van der Waals surface area contributed by atoms with Crippen LogP contribution in [0.15, 0.2) is 60.8 Å². The highest BCUT2D eigenvalue weighted by Gasteiger charge is 2.30. The number of aryl methyl sites for hydroxylation is 2. The number of amides is 2. The Bertz CT molecular complexity index is 1280. The fourth-order valence-corrected chi connectivity index (χ4v) is 3.34. The monoisotopic (exact) mass is 481 g/mol. The Kier molecular flexibility index (Phi) is 7.74. The molecule has 35 heavy (non-hydrogen) atoms. The van der Waals surface area contributed by atoms with Crippen LogP contribution in [-0.4, -0.2) is 16.8 Å². The number of anilines is 2. The molecule has 2 N–H and O–H groups in total. The van der Waals surface area contributed by atoms with Gasteiger partial charge in [-0.2, -0.15) is 13.2 Å². The third kappa shape index (κ3) is 6.56. The highest BCUT2D eigenvalue weighted by molar-refractivity contribution is 6.08. The van der Waals surface area contributed by atoms with Gasteiger partial charge in [0.25, 0.3) is 11.8 Å². The highest BCUT2D eigenvalue weighted by atomic mass is 19.4. The van der Waals surface area contributed by atoms with Gasteiger partial charge in [-0.05, 0) is 61.7 Å². The molecule has 182 valence electrons. The summed E-state index contributed by atoms with van der Waals surface area (Å²) in [5.74, 6) is -0.740. The third-order valence-electron chi connectivity index (χ3n) is 5.28. The van der Waals surface area contributed by atoms with E-state index >= 15 is 0 Å². The van der Waals surface area contributed by atoms with Gasteiger partial charge in [0.15, 0.2) is 0 Å². The zero-order chi connectivity index (χ0) is 25.8. The molecule has 0 spiro atoms. The normalized spacial score (nSPS) is 11.7. The summed E-state index contributed by atoms with van der Waals surface area (Å²) < 4.78 is 38.9. The fraction of sp³-hybridized carbons (Fsp3) is 0.222. The van der Waals surface area contributed by atoms with Crippen molar-refractivity contribution in [1.29, 1.82) is 0 Å².